The minimum Gasteiger partial charge on any atom is -0.468 e. The predicted molar refractivity (Wildman–Crippen MR) is 69.1 cm³/mol. The quantitative estimate of drug-likeness (QED) is 0.658. The van der Waals surface area contributed by atoms with Crippen molar-refractivity contribution in [1.82, 2.24) is 5.32 Å². The first-order valence-electron chi connectivity index (χ1n) is 6.44. The van der Waals surface area contributed by atoms with E-state index in [1.165, 1.54) is 7.11 Å². The molecule has 0 bridgehead atoms. The topological polar surface area (TPSA) is 64.6 Å². The van der Waals surface area contributed by atoms with Gasteiger partial charge in [-0.25, -0.2) is 0 Å². The first kappa shape index (κ1) is 18.5. The van der Waals surface area contributed by atoms with Crippen molar-refractivity contribution in [1.29, 1.82) is 0 Å². The van der Waals surface area contributed by atoms with Crippen LogP contribution in [0.5, 0.6) is 0 Å². The minimum absolute atomic E-state index is 0.0593. The highest BCUT2D eigenvalue weighted by atomic mass is 19.3. The number of carbonyl (C=O) groups is 2. The van der Waals surface area contributed by atoms with Crippen molar-refractivity contribution in [2.75, 3.05) is 20.3 Å². The van der Waals surface area contributed by atoms with E-state index in [-0.39, 0.29) is 19.6 Å². The summed E-state index contributed by atoms with van der Waals surface area (Å²) in [6.07, 6.45) is -0.892. The maximum Gasteiger partial charge on any atom is 0.322 e. The van der Waals surface area contributed by atoms with Crippen LogP contribution in [0.4, 0.5) is 8.78 Å². The fourth-order valence-corrected chi connectivity index (χ4v) is 1.63. The molecule has 0 heterocycles. The number of hydrogen-bond acceptors (Lipinski definition) is 5. The molecule has 0 spiro atoms. The fraction of sp³-hybridized carbons (Fsp3) is 0.692. The molecule has 1 unspecified atom stereocenters. The lowest BCUT2D eigenvalue weighted by Gasteiger charge is -2.18. The number of halogens is 2. The van der Waals surface area contributed by atoms with Gasteiger partial charge >= 0.3 is 11.9 Å². The maximum absolute atomic E-state index is 12.3. The summed E-state index contributed by atoms with van der Waals surface area (Å²) < 4.78 is 34.0. The van der Waals surface area contributed by atoms with Crippen molar-refractivity contribution >= 4 is 11.9 Å². The molecule has 0 rings (SSSR count). The lowest BCUT2D eigenvalue weighted by atomic mass is 10.0. The van der Waals surface area contributed by atoms with Crippen LogP contribution in [0, 0.1) is 5.92 Å². The van der Waals surface area contributed by atoms with E-state index in [9.17, 15) is 18.4 Å². The largest absolute Gasteiger partial charge is 0.468 e. The number of esters is 2. The zero-order chi connectivity index (χ0) is 15.5. The average Bonchev–Trinajstić information content (AvgIpc) is 2.38. The van der Waals surface area contributed by atoms with Crippen molar-refractivity contribution < 1.29 is 27.8 Å². The molecule has 0 aromatic rings. The maximum atomic E-state index is 12.3. The molecular weight excluding hydrogens is 272 g/mol. The Bertz CT molecular complexity index is 343. The highest BCUT2D eigenvalue weighted by Gasteiger charge is 2.20. The van der Waals surface area contributed by atoms with Gasteiger partial charge in [-0.2, -0.15) is 8.78 Å². The fourth-order valence-electron chi connectivity index (χ4n) is 1.63. The molecular formula is C13H21F2NO4. The molecule has 20 heavy (non-hydrogen) atoms. The lowest BCUT2D eigenvalue weighted by molar-refractivity contribution is -0.143. The second-order valence-corrected chi connectivity index (χ2v) is 4.12. The van der Waals surface area contributed by atoms with Gasteiger partial charge in [0.05, 0.1) is 20.1 Å². The van der Waals surface area contributed by atoms with Gasteiger partial charge < -0.3 is 14.8 Å². The Morgan fingerprint density at radius 1 is 1.30 bits per heavy atom. The van der Waals surface area contributed by atoms with E-state index in [2.05, 4.69) is 10.1 Å². The molecule has 0 saturated heterocycles. The van der Waals surface area contributed by atoms with Gasteiger partial charge in [0, 0.05) is 12.5 Å². The van der Waals surface area contributed by atoms with Gasteiger partial charge in [-0.1, -0.05) is 6.92 Å². The Labute approximate surface area is 117 Å². The van der Waals surface area contributed by atoms with Gasteiger partial charge in [0.15, 0.2) is 0 Å². The molecule has 7 heteroatoms. The number of ether oxygens (including phenoxy) is 2. The molecule has 5 nitrogen and oxygen atoms in total. The molecule has 116 valence electrons. The van der Waals surface area contributed by atoms with Crippen LogP contribution >= 0.6 is 0 Å². The van der Waals surface area contributed by atoms with Gasteiger partial charge in [-0.3, -0.25) is 9.59 Å². The van der Waals surface area contributed by atoms with Crippen molar-refractivity contribution in [2.45, 2.75) is 32.7 Å². The average molecular weight is 293 g/mol. The molecule has 0 aliphatic carbocycles. The summed E-state index contributed by atoms with van der Waals surface area (Å²) >= 11 is 0. The summed E-state index contributed by atoms with van der Waals surface area (Å²) in [5.74, 6) is -1.76. The second kappa shape index (κ2) is 10.3. The molecule has 0 aromatic heterocycles. The van der Waals surface area contributed by atoms with Crippen molar-refractivity contribution in [3.63, 3.8) is 0 Å². The normalized spacial score (nSPS) is 13.2. The number of methoxy groups -OCH3 is 1. The van der Waals surface area contributed by atoms with E-state index in [1.54, 1.807) is 13.8 Å². The molecule has 0 fully saturated rings. The van der Waals surface area contributed by atoms with E-state index in [1.807, 2.05) is 0 Å². The first-order valence-corrected chi connectivity index (χ1v) is 6.44. The number of nitrogens with one attached hydrogen (secondary N) is 1. The van der Waals surface area contributed by atoms with Crippen LogP contribution in [-0.2, 0) is 19.1 Å². The van der Waals surface area contributed by atoms with E-state index < -0.39 is 30.0 Å². The van der Waals surface area contributed by atoms with Gasteiger partial charge in [-0.15, -0.1) is 0 Å². The van der Waals surface area contributed by atoms with Gasteiger partial charge in [0.25, 0.3) is 6.08 Å². The highest BCUT2D eigenvalue weighted by Crippen LogP contribution is 2.11. The minimum atomic E-state index is -1.87. The van der Waals surface area contributed by atoms with Crippen LogP contribution in [0.1, 0.15) is 26.7 Å². The molecule has 0 radical (unpaired) electrons. The molecule has 0 saturated carbocycles. The highest BCUT2D eigenvalue weighted by molar-refractivity contribution is 5.75. The van der Waals surface area contributed by atoms with Crippen LogP contribution in [0.25, 0.3) is 0 Å². The van der Waals surface area contributed by atoms with E-state index in [0.29, 0.717) is 12.5 Å². The number of rotatable bonds is 9. The van der Waals surface area contributed by atoms with E-state index >= 15 is 0 Å². The Morgan fingerprint density at radius 3 is 2.40 bits per heavy atom. The van der Waals surface area contributed by atoms with Crippen molar-refractivity contribution in [3.05, 3.63) is 12.2 Å². The Hall–Kier alpha value is -1.50. The monoisotopic (exact) mass is 293 g/mol. The van der Waals surface area contributed by atoms with Crippen LogP contribution < -0.4 is 5.32 Å². The molecule has 1 N–H and O–H groups in total. The van der Waals surface area contributed by atoms with Crippen LogP contribution in [-0.4, -0.2) is 38.2 Å². The van der Waals surface area contributed by atoms with Gasteiger partial charge in [0.1, 0.15) is 6.04 Å². The summed E-state index contributed by atoms with van der Waals surface area (Å²) in [4.78, 5) is 22.7. The molecule has 0 amide bonds. The Kier molecular flexibility index (Phi) is 9.53. The number of hydrogen-bond donors (Lipinski definition) is 1. The first-order chi connectivity index (χ1) is 9.44. The van der Waals surface area contributed by atoms with Crippen LogP contribution in [0.3, 0.4) is 0 Å². The Balaban J connectivity index is 4.53. The SMILES string of the molecule is CCOC(=O)CC(C=C(F)F)CN[C@@H](CC)C(=O)OC. The third-order valence-electron chi connectivity index (χ3n) is 2.62. The molecule has 0 aliphatic rings. The summed E-state index contributed by atoms with van der Waals surface area (Å²) in [5, 5.41) is 2.81. The predicted octanol–water partition coefficient (Wildman–Crippen LogP) is 1.88. The zero-order valence-electron chi connectivity index (χ0n) is 11.9. The summed E-state index contributed by atoms with van der Waals surface area (Å²) in [6.45, 7) is 3.66. The summed E-state index contributed by atoms with van der Waals surface area (Å²) in [7, 11) is 1.25. The van der Waals surface area contributed by atoms with Gasteiger partial charge in [0.2, 0.25) is 0 Å². The zero-order valence-corrected chi connectivity index (χ0v) is 11.9. The third kappa shape index (κ3) is 7.83. The molecule has 0 aliphatic heterocycles. The standard InChI is InChI=1S/C13H21F2NO4/c1-4-10(13(18)19-3)16-8-9(6-11(14)15)7-12(17)20-5-2/h6,9-10,16H,4-5,7-8H2,1-3H3/t9?,10-/m0/s1. The Morgan fingerprint density at radius 2 is 1.95 bits per heavy atom. The van der Waals surface area contributed by atoms with E-state index in [0.717, 1.165) is 0 Å². The summed E-state index contributed by atoms with van der Waals surface area (Å²) in [6, 6.07) is -0.583. The van der Waals surface area contributed by atoms with Crippen molar-refractivity contribution in [3.8, 4) is 0 Å². The number of carbonyl (C=O) groups excluding carboxylic acids is 2. The third-order valence-corrected chi connectivity index (χ3v) is 2.62. The van der Waals surface area contributed by atoms with Gasteiger partial charge in [-0.05, 0) is 19.4 Å². The summed E-state index contributed by atoms with van der Waals surface area (Å²) in [5.41, 5.74) is 0. The van der Waals surface area contributed by atoms with E-state index in [4.69, 9.17) is 4.74 Å². The molecule has 2 atom stereocenters. The van der Waals surface area contributed by atoms with Crippen LogP contribution in [0.2, 0.25) is 0 Å². The van der Waals surface area contributed by atoms with Crippen molar-refractivity contribution in [2.24, 2.45) is 5.92 Å². The van der Waals surface area contributed by atoms with Crippen LogP contribution in [0.15, 0.2) is 12.2 Å². The lowest BCUT2D eigenvalue weighted by Crippen LogP contribution is -2.40. The second-order valence-electron chi connectivity index (χ2n) is 4.12. The molecule has 0 aromatic carbocycles. The smallest absolute Gasteiger partial charge is 0.322 e.